The molecular formula is C22H38IN3O3. The zero-order valence-corrected chi connectivity index (χ0v) is 20.5. The average Bonchev–Trinajstić information content (AvgIpc) is 2.73. The van der Waals surface area contributed by atoms with Gasteiger partial charge in [-0.3, -0.25) is 4.99 Å². The molecule has 1 fully saturated rings. The van der Waals surface area contributed by atoms with Gasteiger partial charge in [0.05, 0.1) is 19.3 Å². The normalized spacial score (nSPS) is 16.4. The van der Waals surface area contributed by atoms with Gasteiger partial charge in [-0.15, -0.1) is 24.0 Å². The van der Waals surface area contributed by atoms with Crippen molar-refractivity contribution in [3.05, 3.63) is 35.9 Å². The summed E-state index contributed by atoms with van der Waals surface area (Å²) in [6.45, 7) is 7.96. The van der Waals surface area contributed by atoms with Crippen LogP contribution in [0.2, 0.25) is 0 Å². The van der Waals surface area contributed by atoms with E-state index in [9.17, 15) is 0 Å². The lowest BCUT2D eigenvalue weighted by molar-refractivity contribution is 0.00984. The van der Waals surface area contributed by atoms with Crippen molar-refractivity contribution in [1.82, 2.24) is 10.2 Å². The molecule has 29 heavy (non-hydrogen) atoms. The van der Waals surface area contributed by atoms with Crippen LogP contribution >= 0.6 is 24.0 Å². The third kappa shape index (κ3) is 10.6. The highest BCUT2D eigenvalue weighted by Crippen LogP contribution is 2.14. The van der Waals surface area contributed by atoms with Crippen LogP contribution in [0.25, 0.3) is 0 Å². The topological polar surface area (TPSA) is 55.3 Å². The van der Waals surface area contributed by atoms with Crippen molar-refractivity contribution >= 4 is 29.9 Å². The van der Waals surface area contributed by atoms with Crippen LogP contribution < -0.4 is 5.32 Å². The first-order valence-corrected chi connectivity index (χ1v) is 10.4. The molecule has 166 valence electrons. The number of hydrogen-bond acceptors (Lipinski definition) is 4. The number of piperidine rings is 1. The molecule has 1 aliphatic rings. The van der Waals surface area contributed by atoms with E-state index >= 15 is 0 Å². The smallest absolute Gasteiger partial charge is 0.193 e. The summed E-state index contributed by atoms with van der Waals surface area (Å²) in [5.74, 6) is 1.40. The van der Waals surface area contributed by atoms with Crippen LogP contribution in [-0.2, 0) is 20.8 Å². The Morgan fingerprint density at radius 2 is 1.93 bits per heavy atom. The Kier molecular flexibility index (Phi) is 14.3. The number of nitrogens with one attached hydrogen (secondary N) is 1. The van der Waals surface area contributed by atoms with Crippen molar-refractivity contribution < 1.29 is 14.2 Å². The number of hydrogen-bond donors (Lipinski definition) is 1. The molecule has 1 aliphatic heterocycles. The lowest BCUT2D eigenvalue weighted by atomic mass is 10.1. The predicted molar refractivity (Wildman–Crippen MR) is 129 cm³/mol. The van der Waals surface area contributed by atoms with Gasteiger partial charge in [0.1, 0.15) is 0 Å². The Hall–Kier alpha value is -0.900. The van der Waals surface area contributed by atoms with Gasteiger partial charge < -0.3 is 24.4 Å². The maximum atomic E-state index is 5.94. The molecule has 0 radical (unpaired) electrons. The Morgan fingerprint density at radius 3 is 2.59 bits per heavy atom. The summed E-state index contributed by atoms with van der Waals surface area (Å²) in [6.07, 6.45) is 3.41. The number of benzene rings is 1. The minimum atomic E-state index is 0. The number of methoxy groups -OCH3 is 1. The molecule has 1 atom stereocenters. The van der Waals surface area contributed by atoms with Crippen molar-refractivity contribution in [2.45, 2.75) is 38.9 Å². The molecule has 0 saturated carbocycles. The Bertz CT molecular complexity index is 551. The molecule has 7 heteroatoms. The molecular weight excluding hydrogens is 481 g/mol. The molecule has 1 aromatic carbocycles. The second-order valence-corrected chi connectivity index (χ2v) is 7.44. The van der Waals surface area contributed by atoms with E-state index in [0.29, 0.717) is 18.6 Å². The van der Waals surface area contributed by atoms with Crippen molar-refractivity contribution in [2.24, 2.45) is 10.9 Å². The number of likely N-dealkylation sites (tertiary alicyclic amines) is 1. The van der Waals surface area contributed by atoms with Crippen LogP contribution in [0.1, 0.15) is 31.7 Å². The summed E-state index contributed by atoms with van der Waals surface area (Å²) in [7, 11) is 3.58. The third-order valence-corrected chi connectivity index (χ3v) is 4.92. The second-order valence-electron chi connectivity index (χ2n) is 7.44. The summed E-state index contributed by atoms with van der Waals surface area (Å²) in [5.41, 5.74) is 1.21. The van der Waals surface area contributed by atoms with Gasteiger partial charge in [-0.1, -0.05) is 37.3 Å². The van der Waals surface area contributed by atoms with Gasteiger partial charge in [-0.05, 0) is 30.7 Å². The van der Waals surface area contributed by atoms with Crippen LogP contribution in [0, 0.1) is 5.92 Å². The molecule has 1 saturated heterocycles. The number of rotatable bonds is 11. The van der Waals surface area contributed by atoms with Crippen molar-refractivity contribution in [1.29, 1.82) is 0 Å². The molecule has 0 bridgehead atoms. The fourth-order valence-electron chi connectivity index (χ4n) is 3.30. The summed E-state index contributed by atoms with van der Waals surface area (Å²) in [4.78, 5) is 6.78. The fraction of sp³-hybridized carbons (Fsp3) is 0.682. The van der Waals surface area contributed by atoms with Crippen LogP contribution in [0.5, 0.6) is 0 Å². The zero-order chi connectivity index (χ0) is 20.0. The number of aliphatic imine (C=N–C) groups is 1. The van der Waals surface area contributed by atoms with E-state index in [1.54, 1.807) is 7.11 Å². The molecule has 0 amide bonds. The summed E-state index contributed by atoms with van der Waals surface area (Å²) in [5, 5.41) is 3.50. The standard InChI is InChI=1S/C22H37N3O3.HI/c1-19(17-27-18-20-8-5-4-6-9-20)16-24-22(23-2)25-12-10-21(11-13-25)28-15-7-14-26-3;/h4-6,8-9,19,21H,7,10-18H2,1-3H3,(H,23,24);1H. The SMILES string of the molecule is CN=C(NCC(C)COCc1ccccc1)N1CCC(OCCCOC)CC1.I. The van der Waals surface area contributed by atoms with Crippen molar-refractivity contribution in [3.63, 3.8) is 0 Å². The van der Waals surface area contributed by atoms with E-state index in [0.717, 1.165) is 64.7 Å². The van der Waals surface area contributed by atoms with E-state index in [2.05, 4.69) is 34.3 Å². The molecule has 1 aromatic rings. The zero-order valence-electron chi connectivity index (χ0n) is 18.1. The minimum Gasteiger partial charge on any atom is -0.385 e. The monoisotopic (exact) mass is 519 g/mol. The predicted octanol–water partition coefficient (Wildman–Crippen LogP) is 3.55. The van der Waals surface area contributed by atoms with Gasteiger partial charge in [-0.2, -0.15) is 0 Å². The first-order chi connectivity index (χ1) is 13.7. The fourth-order valence-corrected chi connectivity index (χ4v) is 3.30. The van der Waals surface area contributed by atoms with E-state index < -0.39 is 0 Å². The first-order valence-electron chi connectivity index (χ1n) is 10.4. The molecule has 0 aliphatic carbocycles. The van der Waals surface area contributed by atoms with Crippen LogP contribution in [0.3, 0.4) is 0 Å². The molecule has 1 unspecified atom stereocenters. The first kappa shape index (κ1) is 26.1. The summed E-state index contributed by atoms with van der Waals surface area (Å²) < 4.78 is 16.9. The molecule has 6 nitrogen and oxygen atoms in total. The molecule has 2 rings (SSSR count). The van der Waals surface area contributed by atoms with Gasteiger partial charge in [0.25, 0.3) is 0 Å². The summed E-state index contributed by atoms with van der Waals surface area (Å²) in [6, 6.07) is 10.3. The van der Waals surface area contributed by atoms with E-state index in [4.69, 9.17) is 14.2 Å². The van der Waals surface area contributed by atoms with Gasteiger partial charge in [0.2, 0.25) is 0 Å². The van der Waals surface area contributed by atoms with Crippen LogP contribution in [0.4, 0.5) is 0 Å². The number of guanidine groups is 1. The molecule has 1 N–H and O–H groups in total. The maximum Gasteiger partial charge on any atom is 0.193 e. The Labute approximate surface area is 193 Å². The lowest BCUT2D eigenvalue weighted by Gasteiger charge is -2.34. The highest BCUT2D eigenvalue weighted by molar-refractivity contribution is 14.0. The Morgan fingerprint density at radius 1 is 1.21 bits per heavy atom. The molecule has 0 aromatic heterocycles. The van der Waals surface area contributed by atoms with Crippen LogP contribution in [-0.4, -0.2) is 70.6 Å². The number of ether oxygens (including phenoxy) is 3. The quantitative estimate of drug-likeness (QED) is 0.210. The van der Waals surface area contributed by atoms with Gasteiger partial charge in [-0.25, -0.2) is 0 Å². The van der Waals surface area contributed by atoms with Gasteiger partial charge >= 0.3 is 0 Å². The number of halogens is 1. The summed E-state index contributed by atoms with van der Waals surface area (Å²) >= 11 is 0. The van der Waals surface area contributed by atoms with Gasteiger partial charge in [0, 0.05) is 47.0 Å². The molecule has 1 heterocycles. The highest BCUT2D eigenvalue weighted by atomic mass is 127. The van der Waals surface area contributed by atoms with Crippen LogP contribution in [0.15, 0.2) is 35.3 Å². The molecule has 0 spiro atoms. The van der Waals surface area contributed by atoms with Gasteiger partial charge in [0.15, 0.2) is 5.96 Å². The third-order valence-electron chi connectivity index (χ3n) is 4.92. The number of nitrogens with zero attached hydrogens (tertiary/aromatic N) is 2. The lowest BCUT2D eigenvalue weighted by Crippen LogP contribution is -2.48. The van der Waals surface area contributed by atoms with Crippen molar-refractivity contribution in [2.75, 3.05) is 53.6 Å². The largest absolute Gasteiger partial charge is 0.385 e. The maximum absolute atomic E-state index is 5.94. The minimum absolute atomic E-state index is 0. The highest BCUT2D eigenvalue weighted by Gasteiger charge is 2.22. The van der Waals surface area contributed by atoms with E-state index in [-0.39, 0.29) is 24.0 Å². The second kappa shape index (κ2) is 15.9. The average molecular weight is 519 g/mol. The Balaban J connectivity index is 0.00000420. The van der Waals surface area contributed by atoms with E-state index in [1.807, 2.05) is 25.2 Å². The van der Waals surface area contributed by atoms with Crippen molar-refractivity contribution in [3.8, 4) is 0 Å². The van der Waals surface area contributed by atoms with E-state index in [1.165, 1.54) is 5.56 Å².